The molecule has 1 amide bonds. The highest BCUT2D eigenvalue weighted by Gasteiger charge is 2.26. The Hall–Kier alpha value is -2.31. The summed E-state index contributed by atoms with van der Waals surface area (Å²) in [6.45, 7) is 4.77. The maximum atomic E-state index is 12.4. The molecule has 0 saturated heterocycles. The van der Waals surface area contributed by atoms with Gasteiger partial charge in [0, 0.05) is 29.6 Å². The first-order valence-corrected chi connectivity index (χ1v) is 8.01. The van der Waals surface area contributed by atoms with E-state index in [-0.39, 0.29) is 11.9 Å². The van der Waals surface area contributed by atoms with Crippen molar-refractivity contribution in [1.82, 2.24) is 9.88 Å². The molecule has 3 nitrogen and oxygen atoms in total. The molecular formula is C19H17ClN2O. The van der Waals surface area contributed by atoms with Gasteiger partial charge in [-0.1, -0.05) is 23.6 Å². The van der Waals surface area contributed by atoms with Crippen LogP contribution in [-0.4, -0.2) is 28.4 Å². The Morgan fingerprint density at radius 1 is 1.22 bits per heavy atom. The van der Waals surface area contributed by atoms with E-state index in [1.807, 2.05) is 49.1 Å². The van der Waals surface area contributed by atoms with E-state index < -0.39 is 0 Å². The van der Waals surface area contributed by atoms with Gasteiger partial charge in [0.2, 0.25) is 0 Å². The van der Waals surface area contributed by atoms with Crippen LogP contribution in [0.15, 0.2) is 36.4 Å². The fourth-order valence-corrected chi connectivity index (χ4v) is 2.82. The molecule has 3 rings (SSSR count). The van der Waals surface area contributed by atoms with Crippen LogP contribution in [0.3, 0.4) is 0 Å². The molecule has 23 heavy (non-hydrogen) atoms. The van der Waals surface area contributed by atoms with Gasteiger partial charge in [-0.2, -0.15) is 0 Å². The molecule has 0 radical (unpaired) electrons. The minimum Gasteiger partial charge on any atom is -0.336 e. The number of nitrogens with zero attached hydrogens (tertiary/aromatic N) is 2. The van der Waals surface area contributed by atoms with Crippen molar-refractivity contribution in [2.24, 2.45) is 0 Å². The Kier molecular flexibility index (Phi) is 4.36. The summed E-state index contributed by atoms with van der Waals surface area (Å²) in [5.74, 6) is 6.16. The Bertz CT molecular complexity index is 818. The zero-order valence-corrected chi connectivity index (χ0v) is 13.9. The van der Waals surface area contributed by atoms with Gasteiger partial charge in [0.25, 0.3) is 5.91 Å². The second-order valence-corrected chi connectivity index (χ2v) is 6.23. The zero-order valence-electron chi connectivity index (χ0n) is 13.1. The summed E-state index contributed by atoms with van der Waals surface area (Å²) >= 11 is 5.95. The van der Waals surface area contributed by atoms with Crippen LogP contribution in [0.1, 0.15) is 41.2 Å². The summed E-state index contributed by atoms with van der Waals surface area (Å²) < 4.78 is 0. The molecule has 4 heteroatoms. The molecule has 0 bridgehead atoms. The number of amides is 1. The van der Waals surface area contributed by atoms with Crippen molar-refractivity contribution in [1.29, 1.82) is 0 Å². The van der Waals surface area contributed by atoms with Gasteiger partial charge in [-0.3, -0.25) is 4.79 Å². The highest BCUT2D eigenvalue weighted by atomic mass is 35.5. The van der Waals surface area contributed by atoms with Gasteiger partial charge in [-0.05, 0) is 50.1 Å². The number of aromatic nitrogens is 1. The number of halogens is 1. The minimum atomic E-state index is 0.0584. The molecule has 0 spiro atoms. The normalized spacial score (nSPS) is 13.6. The summed E-state index contributed by atoms with van der Waals surface area (Å²) in [6, 6.07) is 11.2. The first kappa shape index (κ1) is 15.6. The average molecular weight is 325 g/mol. The number of hydrogen-bond acceptors (Lipinski definition) is 2. The molecule has 0 unspecified atom stereocenters. The highest BCUT2D eigenvalue weighted by molar-refractivity contribution is 6.30. The van der Waals surface area contributed by atoms with Gasteiger partial charge in [0.15, 0.2) is 0 Å². The Balaban J connectivity index is 1.87. The quantitative estimate of drug-likeness (QED) is 0.752. The minimum absolute atomic E-state index is 0.0584. The Morgan fingerprint density at radius 2 is 2.04 bits per heavy atom. The molecular weight excluding hydrogens is 308 g/mol. The molecule has 1 aromatic carbocycles. The lowest BCUT2D eigenvalue weighted by atomic mass is 10.0. The number of pyridine rings is 1. The number of fused-ring (bicyclic) bond motifs is 1. The van der Waals surface area contributed by atoms with E-state index in [4.69, 9.17) is 11.6 Å². The van der Waals surface area contributed by atoms with Crippen molar-refractivity contribution in [3.8, 4) is 11.8 Å². The summed E-state index contributed by atoms with van der Waals surface area (Å²) in [4.78, 5) is 18.8. The SMILES string of the molecule is CC(C)N1CCc2nc(C#Cc3cccc(Cl)c3)ccc2C1=O. The third-order valence-corrected chi connectivity index (χ3v) is 4.07. The number of carbonyl (C=O) groups is 1. The smallest absolute Gasteiger partial charge is 0.255 e. The number of hydrogen-bond donors (Lipinski definition) is 0. The van der Waals surface area contributed by atoms with Gasteiger partial charge in [0.1, 0.15) is 5.69 Å². The van der Waals surface area contributed by atoms with Gasteiger partial charge in [0.05, 0.1) is 11.3 Å². The van der Waals surface area contributed by atoms with Crippen LogP contribution in [0.5, 0.6) is 0 Å². The van der Waals surface area contributed by atoms with E-state index in [0.29, 0.717) is 22.8 Å². The van der Waals surface area contributed by atoms with Crippen molar-refractivity contribution >= 4 is 17.5 Å². The third-order valence-electron chi connectivity index (χ3n) is 3.84. The van der Waals surface area contributed by atoms with Gasteiger partial charge >= 0.3 is 0 Å². The Morgan fingerprint density at radius 3 is 2.78 bits per heavy atom. The lowest BCUT2D eigenvalue weighted by Crippen LogP contribution is -2.42. The largest absolute Gasteiger partial charge is 0.336 e. The van der Waals surface area contributed by atoms with E-state index in [9.17, 15) is 4.79 Å². The van der Waals surface area contributed by atoms with Gasteiger partial charge in [-0.15, -0.1) is 0 Å². The lowest BCUT2D eigenvalue weighted by molar-refractivity contribution is 0.0686. The van der Waals surface area contributed by atoms with E-state index in [0.717, 1.165) is 17.7 Å². The van der Waals surface area contributed by atoms with E-state index in [1.165, 1.54) is 0 Å². The molecule has 0 fully saturated rings. The van der Waals surface area contributed by atoms with Gasteiger partial charge < -0.3 is 4.90 Å². The molecule has 0 N–H and O–H groups in total. The fourth-order valence-electron chi connectivity index (χ4n) is 2.63. The number of carbonyl (C=O) groups excluding carboxylic acids is 1. The molecule has 0 aliphatic carbocycles. The molecule has 1 aromatic heterocycles. The van der Waals surface area contributed by atoms with Crippen LogP contribution in [-0.2, 0) is 6.42 Å². The van der Waals surface area contributed by atoms with Crippen LogP contribution < -0.4 is 0 Å². The maximum Gasteiger partial charge on any atom is 0.255 e. The Labute approximate surface area is 141 Å². The van der Waals surface area contributed by atoms with Crippen molar-refractivity contribution in [2.45, 2.75) is 26.3 Å². The topological polar surface area (TPSA) is 33.2 Å². The summed E-state index contributed by atoms with van der Waals surface area (Å²) in [5.41, 5.74) is 3.05. The van der Waals surface area contributed by atoms with Crippen LogP contribution in [0.25, 0.3) is 0 Å². The van der Waals surface area contributed by atoms with Crippen molar-refractivity contribution < 1.29 is 4.79 Å². The van der Waals surface area contributed by atoms with E-state index >= 15 is 0 Å². The van der Waals surface area contributed by atoms with Crippen LogP contribution >= 0.6 is 11.6 Å². The van der Waals surface area contributed by atoms with E-state index in [1.54, 1.807) is 6.07 Å². The standard InChI is InChI=1S/C19H17ClN2O/c1-13(2)22-11-10-18-17(19(22)23)9-8-16(21-18)7-6-14-4-3-5-15(20)12-14/h3-5,8-9,12-13H,10-11H2,1-2H3. The summed E-state index contributed by atoms with van der Waals surface area (Å²) in [6.07, 6.45) is 0.770. The fraction of sp³-hybridized carbons (Fsp3) is 0.263. The maximum absolute atomic E-state index is 12.4. The number of rotatable bonds is 1. The average Bonchev–Trinajstić information content (AvgIpc) is 2.53. The number of benzene rings is 1. The van der Waals surface area contributed by atoms with Crippen molar-refractivity contribution in [3.63, 3.8) is 0 Å². The molecule has 0 saturated carbocycles. The van der Waals surface area contributed by atoms with Crippen molar-refractivity contribution in [3.05, 3.63) is 63.9 Å². The molecule has 116 valence electrons. The summed E-state index contributed by atoms with van der Waals surface area (Å²) in [7, 11) is 0. The predicted octanol–water partition coefficient (Wildman–Crippen LogP) is 3.54. The van der Waals surface area contributed by atoms with E-state index in [2.05, 4.69) is 16.8 Å². The highest BCUT2D eigenvalue weighted by Crippen LogP contribution is 2.19. The van der Waals surface area contributed by atoms with Gasteiger partial charge in [-0.25, -0.2) is 4.98 Å². The second-order valence-electron chi connectivity index (χ2n) is 5.79. The second kappa shape index (κ2) is 6.44. The van der Waals surface area contributed by atoms with Crippen LogP contribution in [0.2, 0.25) is 5.02 Å². The van der Waals surface area contributed by atoms with Crippen LogP contribution in [0.4, 0.5) is 0 Å². The molecule has 2 heterocycles. The molecule has 0 atom stereocenters. The van der Waals surface area contributed by atoms with Crippen LogP contribution in [0, 0.1) is 11.8 Å². The summed E-state index contributed by atoms with van der Waals surface area (Å²) in [5, 5.41) is 0.662. The monoisotopic (exact) mass is 324 g/mol. The molecule has 1 aliphatic heterocycles. The molecule has 2 aromatic rings. The zero-order chi connectivity index (χ0) is 16.4. The predicted molar refractivity (Wildman–Crippen MR) is 91.5 cm³/mol. The lowest BCUT2D eigenvalue weighted by Gasteiger charge is -2.31. The first-order valence-electron chi connectivity index (χ1n) is 7.63. The van der Waals surface area contributed by atoms with Crippen molar-refractivity contribution in [2.75, 3.05) is 6.54 Å². The first-order chi connectivity index (χ1) is 11.0. The molecule has 1 aliphatic rings. The third kappa shape index (κ3) is 3.38.